The van der Waals surface area contributed by atoms with Gasteiger partial charge < -0.3 is 28.8 Å². The number of rotatable bonds is 8. The maximum atomic E-state index is 14.8. The second-order valence-corrected chi connectivity index (χ2v) is 10.8. The van der Waals surface area contributed by atoms with Crippen molar-refractivity contribution in [2.75, 3.05) is 44.8 Å². The van der Waals surface area contributed by atoms with Crippen molar-refractivity contribution in [3.8, 4) is 11.5 Å². The average molecular weight is 581 g/mol. The molecule has 1 saturated heterocycles. The fourth-order valence-corrected chi connectivity index (χ4v) is 5.69. The lowest BCUT2D eigenvalue weighted by Gasteiger charge is -2.36. The molecule has 9 nitrogen and oxygen atoms in total. The van der Waals surface area contributed by atoms with Crippen LogP contribution in [0.2, 0.25) is 5.02 Å². The minimum atomic E-state index is -1.31. The highest BCUT2D eigenvalue weighted by molar-refractivity contribution is 6.30. The minimum absolute atomic E-state index is 0.229. The van der Waals surface area contributed by atoms with E-state index in [1.807, 2.05) is 22.8 Å². The Bertz CT molecular complexity index is 1620. The maximum Gasteiger partial charge on any atom is 0.335 e. The van der Waals surface area contributed by atoms with Gasteiger partial charge in [0.1, 0.15) is 11.6 Å². The first-order chi connectivity index (χ1) is 19.8. The third-order valence-electron chi connectivity index (χ3n) is 7.65. The number of nitrogens with zero attached hydrogens (tertiary/aromatic N) is 4. The fourth-order valence-electron chi connectivity index (χ4n) is 5.53. The molecule has 1 atom stereocenters. The number of imidazole rings is 1. The van der Waals surface area contributed by atoms with Crippen LogP contribution in [-0.4, -0.2) is 65.4 Å². The van der Waals surface area contributed by atoms with Gasteiger partial charge >= 0.3 is 5.97 Å². The van der Waals surface area contributed by atoms with Crippen molar-refractivity contribution < 1.29 is 28.5 Å². The van der Waals surface area contributed by atoms with E-state index in [1.54, 1.807) is 44.4 Å². The SMILES string of the molecule is COCCn1c(CN2CCN(c3cccc4c3OC(C)(c3ccc(Cl)cc3F)O4)CC2)nc2ccc(C(=O)O)cc21. The molecule has 4 aromatic rings. The van der Waals surface area contributed by atoms with Crippen LogP contribution in [0.1, 0.15) is 28.7 Å². The Labute approximate surface area is 241 Å². The minimum Gasteiger partial charge on any atom is -0.478 e. The van der Waals surface area contributed by atoms with Crippen LogP contribution in [-0.2, 0) is 23.6 Å². The summed E-state index contributed by atoms with van der Waals surface area (Å²) >= 11 is 5.95. The largest absolute Gasteiger partial charge is 0.478 e. The number of carboxylic acids is 1. The smallest absolute Gasteiger partial charge is 0.335 e. The Hall–Kier alpha value is -3.86. The number of methoxy groups -OCH3 is 1. The van der Waals surface area contributed by atoms with Gasteiger partial charge in [-0.25, -0.2) is 14.2 Å². The van der Waals surface area contributed by atoms with Gasteiger partial charge in [0.25, 0.3) is 5.79 Å². The molecular formula is C30H30ClFN4O5. The molecule has 1 fully saturated rings. The van der Waals surface area contributed by atoms with Gasteiger partial charge in [0.15, 0.2) is 11.5 Å². The number of piperazine rings is 1. The Morgan fingerprint density at radius 1 is 1.12 bits per heavy atom. The second kappa shape index (κ2) is 10.8. The lowest BCUT2D eigenvalue weighted by atomic mass is 10.1. The summed E-state index contributed by atoms with van der Waals surface area (Å²) in [5.41, 5.74) is 2.95. The van der Waals surface area contributed by atoms with Crippen molar-refractivity contribution in [1.29, 1.82) is 0 Å². The molecule has 2 aliphatic heterocycles. The highest BCUT2D eigenvalue weighted by atomic mass is 35.5. The van der Waals surface area contributed by atoms with E-state index in [-0.39, 0.29) is 11.1 Å². The van der Waals surface area contributed by atoms with E-state index in [9.17, 15) is 14.3 Å². The van der Waals surface area contributed by atoms with E-state index in [0.717, 1.165) is 48.7 Å². The molecule has 0 spiro atoms. The predicted octanol–water partition coefficient (Wildman–Crippen LogP) is 5.14. The molecule has 6 rings (SSSR count). The number of fused-ring (bicyclic) bond motifs is 2. The van der Waals surface area contributed by atoms with E-state index in [2.05, 4.69) is 9.80 Å². The Kier molecular flexibility index (Phi) is 7.23. The van der Waals surface area contributed by atoms with Crippen molar-refractivity contribution >= 4 is 34.3 Å². The number of hydrogen-bond acceptors (Lipinski definition) is 7. The summed E-state index contributed by atoms with van der Waals surface area (Å²) in [7, 11) is 1.64. The number of aromatic carboxylic acids is 1. The second-order valence-electron chi connectivity index (χ2n) is 10.3. The summed E-state index contributed by atoms with van der Waals surface area (Å²) in [6, 6.07) is 15.2. The number of para-hydroxylation sites is 1. The summed E-state index contributed by atoms with van der Waals surface area (Å²) in [6.07, 6.45) is 0. The summed E-state index contributed by atoms with van der Waals surface area (Å²) in [5, 5.41) is 9.77. The standard InChI is InChI=1S/C30H30ClFN4O5/c1-30(21-8-7-20(31)17-22(21)32)40-26-5-3-4-24(28(26)41-30)35-12-10-34(11-13-35)18-27-33-23-9-6-19(29(37)38)16-25(23)36(27)14-15-39-2/h3-9,16-17H,10-15,18H2,1-2H3,(H,37,38). The molecule has 0 aliphatic carbocycles. The average Bonchev–Trinajstić information content (AvgIpc) is 3.48. The summed E-state index contributed by atoms with van der Waals surface area (Å²) < 4.78 is 34.5. The van der Waals surface area contributed by atoms with Crippen LogP contribution < -0.4 is 14.4 Å². The van der Waals surface area contributed by atoms with Gasteiger partial charge in [-0.2, -0.15) is 0 Å². The predicted molar refractivity (Wildman–Crippen MR) is 153 cm³/mol. The number of halogens is 2. The summed E-state index contributed by atoms with van der Waals surface area (Å²) in [4.78, 5) is 20.9. The van der Waals surface area contributed by atoms with E-state index >= 15 is 0 Å². The van der Waals surface area contributed by atoms with Gasteiger partial charge in [-0.05, 0) is 48.5 Å². The number of anilines is 1. The van der Waals surface area contributed by atoms with Gasteiger partial charge in [-0.3, -0.25) is 4.90 Å². The van der Waals surface area contributed by atoms with Gasteiger partial charge in [-0.15, -0.1) is 0 Å². The van der Waals surface area contributed by atoms with Crippen molar-refractivity contribution in [3.05, 3.63) is 82.4 Å². The Morgan fingerprint density at radius 2 is 1.93 bits per heavy atom. The van der Waals surface area contributed by atoms with Crippen LogP contribution in [0, 0.1) is 5.82 Å². The Balaban J connectivity index is 1.18. The number of benzene rings is 3. The maximum absolute atomic E-state index is 14.8. The first-order valence-electron chi connectivity index (χ1n) is 13.4. The van der Waals surface area contributed by atoms with Gasteiger partial charge in [0.05, 0.1) is 41.0 Å². The van der Waals surface area contributed by atoms with Crippen molar-refractivity contribution in [3.63, 3.8) is 0 Å². The lowest BCUT2D eigenvalue weighted by molar-refractivity contribution is -0.0705. The molecule has 11 heteroatoms. The van der Waals surface area contributed by atoms with Crippen molar-refractivity contribution in [2.24, 2.45) is 0 Å². The topological polar surface area (TPSA) is 89.3 Å². The quantitative estimate of drug-likeness (QED) is 0.306. The van der Waals surface area contributed by atoms with Crippen LogP contribution >= 0.6 is 11.6 Å². The highest BCUT2D eigenvalue weighted by Gasteiger charge is 2.42. The molecule has 3 heterocycles. The zero-order valence-corrected chi connectivity index (χ0v) is 23.5. The molecule has 1 aromatic heterocycles. The molecule has 3 aromatic carbocycles. The first-order valence-corrected chi connectivity index (χ1v) is 13.8. The molecule has 0 bridgehead atoms. The highest BCUT2D eigenvalue weighted by Crippen LogP contribution is 2.50. The lowest BCUT2D eigenvalue weighted by Crippen LogP contribution is -2.46. The number of hydrogen-bond donors (Lipinski definition) is 1. The van der Waals surface area contributed by atoms with Gasteiger partial charge in [0, 0.05) is 51.8 Å². The number of carboxylic acid groups (broad SMARTS) is 1. The molecule has 0 saturated carbocycles. The van der Waals surface area contributed by atoms with Gasteiger partial charge in [-0.1, -0.05) is 17.7 Å². The van der Waals surface area contributed by atoms with Crippen molar-refractivity contribution in [2.45, 2.75) is 25.8 Å². The zero-order valence-electron chi connectivity index (χ0n) is 22.8. The monoisotopic (exact) mass is 580 g/mol. The van der Waals surface area contributed by atoms with E-state index < -0.39 is 17.6 Å². The molecular weight excluding hydrogens is 551 g/mol. The van der Waals surface area contributed by atoms with Crippen LogP contribution in [0.3, 0.4) is 0 Å². The van der Waals surface area contributed by atoms with Crippen LogP contribution in [0.25, 0.3) is 11.0 Å². The number of carbonyl (C=O) groups is 1. The molecule has 214 valence electrons. The fraction of sp³-hybridized carbons (Fsp3) is 0.333. The third-order valence-corrected chi connectivity index (χ3v) is 7.89. The number of ether oxygens (including phenoxy) is 3. The molecule has 0 amide bonds. The van der Waals surface area contributed by atoms with Crippen molar-refractivity contribution in [1.82, 2.24) is 14.5 Å². The van der Waals surface area contributed by atoms with E-state index in [0.29, 0.717) is 36.2 Å². The first kappa shape index (κ1) is 27.3. The van der Waals surface area contributed by atoms with Crippen LogP contribution in [0.4, 0.5) is 10.1 Å². The zero-order chi connectivity index (χ0) is 28.7. The summed E-state index contributed by atoms with van der Waals surface area (Å²) in [6.45, 7) is 6.43. The molecule has 41 heavy (non-hydrogen) atoms. The normalized spacial score (nSPS) is 18.8. The van der Waals surface area contributed by atoms with Crippen LogP contribution in [0.5, 0.6) is 11.5 Å². The van der Waals surface area contributed by atoms with Crippen LogP contribution in [0.15, 0.2) is 54.6 Å². The van der Waals surface area contributed by atoms with E-state index in [4.69, 9.17) is 30.8 Å². The third kappa shape index (κ3) is 5.18. The summed E-state index contributed by atoms with van der Waals surface area (Å²) in [5.74, 6) is -0.742. The molecule has 1 N–H and O–H groups in total. The van der Waals surface area contributed by atoms with Gasteiger partial charge in [0.2, 0.25) is 0 Å². The molecule has 0 radical (unpaired) electrons. The Morgan fingerprint density at radius 3 is 2.66 bits per heavy atom. The molecule has 1 unspecified atom stereocenters. The molecule has 2 aliphatic rings. The number of aromatic nitrogens is 2. The van der Waals surface area contributed by atoms with E-state index in [1.165, 1.54) is 6.07 Å².